The van der Waals surface area contributed by atoms with E-state index in [2.05, 4.69) is 28.4 Å². The molecule has 18 heavy (non-hydrogen) atoms. The maximum Gasteiger partial charge on any atom is 0.0372 e. The largest absolute Gasteiger partial charge is 0.385 e. The number of anilines is 1. The highest BCUT2D eigenvalue weighted by molar-refractivity contribution is 5.53. The summed E-state index contributed by atoms with van der Waals surface area (Å²) < 4.78 is 0. The molecule has 1 aromatic rings. The summed E-state index contributed by atoms with van der Waals surface area (Å²) in [4.78, 5) is 2.61. The van der Waals surface area contributed by atoms with Gasteiger partial charge in [0.05, 0.1) is 0 Å². The fourth-order valence-corrected chi connectivity index (χ4v) is 3.16. The lowest BCUT2D eigenvalue weighted by molar-refractivity contribution is 0.221. The van der Waals surface area contributed by atoms with Gasteiger partial charge in [-0.2, -0.15) is 0 Å². The van der Waals surface area contributed by atoms with Crippen molar-refractivity contribution in [2.45, 2.75) is 45.1 Å². The molecule has 2 heterocycles. The van der Waals surface area contributed by atoms with Crippen LogP contribution in [0, 0.1) is 0 Å². The van der Waals surface area contributed by atoms with E-state index in [4.69, 9.17) is 0 Å². The van der Waals surface area contributed by atoms with E-state index in [1.807, 2.05) is 0 Å². The number of aryl methyl sites for hydroxylation is 1. The van der Waals surface area contributed by atoms with Gasteiger partial charge in [-0.25, -0.2) is 0 Å². The highest BCUT2D eigenvalue weighted by Gasteiger charge is 2.12. The van der Waals surface area contributed by atoms with Crippen molar-refractivity contribution >= 4 is 5.69 Å². The van der Waals surface area contributed by atoms with E-state index >= 15 is 0 Å². The summed E-state index contributed by atoms with van der Waals surface area (Å²) in [6, 6.07) is 7.04. The summed E-state index contributed by atoms with van der Waals surface area (Å²) in [6.45, 7) is 4.86. The predicted molar refractivity (Wildman–Crippen MR) is 77.0 cm³/mol. The Balaban J connectivity index is 1.70. The Morgan fingerprint density at radius 3 is 2.78 bits per heavy atom. The smallest absolute Gasteiger partial charge is 0.0372 e. The second-order valence-electron chi connectivity index (χ2n) is 5.71. The number of hydrogen-bond donors (Lipinski definition) is 1. The molecular weight excluding hydrogens is 220 g/mol. The van der Waals surface area contributed by atoms with E-state index in [1.54, 1.807) is 0 Å². The fraction of sp³-hybridized carbons (Fsp3) is 0.625. The molecule has 3 rings (SSSR count). The summed E-state index contributed by atoms with van der Waals surface area (Å²) in [5.74, 6) is 0. The van der Waals surface area contributed by atoms with Crippen LogP contribution in [0.2, 0.25) is 0 Å². The second kappa shape index (κ2) is 5.75. The molecule has 0 radical (unpaired) electrons. The van der Waals surface area contributed by atoms with Crippen LogP contribution in [0.3, 0.4) is 0 Å². The molecule has 2 aliphatic heterocycles. The Morgan fingerprint density at radius 1 is 1.00 bits per heavy atom. The molecule has 0 amide bonds. The maximum atomic E-state index is 3.54. The zero-order valence-electron chi connectivity index (χ0n) is 11.3. The van der Waals surface area contributed by atoms with Gasteiger partial charge in [0.1, 0.15) is 0 Å². The van der Waals surface area contributed by atoms with Crippen molar-refractivity contribution in [1.82, 2.24) is 4.90 Å². The lowest BCUT2D eigenvalue weighted by Crippen LogP contribution is -2.29. The maximum absolute atomic E-state index is 3.54. The molecule has 0 atom stereocenters. The van der Waals surface area contributed by atoms with Crippen LogP contribution in [-0.2, 0) is 13.0 Å². The van der Waals surface area contributed by atoms with Crippen LogP contribution in [0.15, 0.2) is 18.2 Å². The number of likely N-dealkylation sites (tertiary alicyclic amines) is 1. The zero-order valence-corrected chi connectivity index (χ0v) is 11.3. The van der Waals surface area contributed by atoms with Crippen LogP contribution in [0.5, 0.6) is 0 Å². The monoisotopic (exact) mass is 244 g/mol. The molecule has 1 saturated heterocycles. The first-order valence-electron chi connectivity index (χ1n) is 7.50. The molecule has 0 bridgehead atoms. The van der Waals surface area contributed by atoms with Crippen molar-refractivity contribution in [3.63, 3.8) is 0 Å². The summed E-state index contributed by atoms with van der Waals surface area (Å²) in [7, 11) is 0. The first-order chi connectivity index (χ1) is 8.92. The van der Waals surface area contributed by atoms with Gasteiger partial charge in [0, 0.05) is 18.8 Å². The molecule has 2 heteroatoms. The SMILES string of the molecule is c1cc2c(cc1CN1CCCCC1)CCCCN2. The molecule has 1 aromatic carbocycles. The summed E-state index contributed by atoms with van der Waals surface area (Å²) >= 11 is 0. The van der Waals surface area contributed by atoms with Crippen molar-refractivity contribution in [2.75, 3.05) is 25.0 Å². The van der Waals surface area contributed by atoms with Crippen LogP contribution in [-0.4, -0.2) is 24.5 Å². The molecule has 0 aliphatic carbocycles. The Labute approximate surface area is 110 Å². The summed E-state index contributed by atoms with van der Waals surface area (Å²) in [6.07, 6.45) is 8.06. The molecule has 1 N–H and O–H groups in total. The van der Waals surface area contributed by atoms with Crippen molar-refractivity contribution in [1.29, 1.82) is 0 Å². The van der Waals surface area contributed by atoms with E-state index in [9.17, 15) is 0 Å². The highest BCUT2D eigenvalue weighted by atomic mass is 15.1. The number of fused-ring (bicyclic) bond motifs is 1. The van der Waals surface area contributed by atoms with E-state index in [0.717, 1.165) is 13.1 Å². The Morgan fingerprint density at radius 2 is 1.89 bits per heavy atom. The molecule has 2 aliphatic rings. The number of hydrogen-bond acceptors (Lipinski definition) is 2. The average molecular weight is 244 g/mol. The van der Waals surface area contributed by atoms with Crippen LogP contribution in [0.4, 0.5) is 5.69 Å². The first-order valence-corrected chi connectivity index (χ1v) is 7.50. The average Bonchev–Trinajstić information content (AvgIpc) is 2.64. The molecular formula is C16H24N2. The molecule has 0 saturated carbocycles. The van der Waals surface area contributed by atoms with Crippen LogP contribution in [0.25, 0.3) is 0 Å². The van der Waals surface area contributed by atoms with Crippen molar-refractivity contribution in [2.24, 2.45) is 0 Å². The highest BCUT2D eigenvalue weighted by Crippen LogP contribution is 2.24. The van der Waals surface area contributed by atoms with Crippen LogP contribution in [0.1, 0.15) is 43.2 Å². The Bertz CT molecular complexity index is 394. The summed E-state index contributed by atoms with van der Waals surface area (Å²) in [5.41, 5.74) is 4.40. The standard InChI is InChI=1S/C16H24N2/c1-4-10-18(11-5-1)13-14-7-8-16-15(12-14)6-2-3-9-17-16/h7-8,12,17H,1-6,9-11,13H2. The minimum absolute atomic E-state index is 1.14. The number of piperidine rings is 1. The quantitative estimate of drug-likeness (QED) is 0.857. The van der Waals surface area contributed by atoms with Crippen molar-refractivity contribution in [3.8, 4) is 0 Å². The number of nitrogens with zero attached hydrogens (tertiary/aromatic N) is 1. The van der Waals surface area contributed by atoms with Crippen LogP contribution >= 0.6 is 0 Å². The molecule has 0 unspecified atom stereocenters. The third kappa shape index (κ3) is 2.86. The van der Waals surface area contributed by atoms with Gasteiger partial charge in [-0.3, -0.25) is 4.90 Å². The van der Waals surface area contributed by atoms with E-state index in [-0.39, 0.29) is 0 Å². The number of benzene rings is 1. The third-order valence-corrected chi connectivity index (χ3v) is 4.21. The fourth-order valence-electron chi connectivity index (χ4n) is 3.16. The minimum Gasteiger partial charge on any atom is -0.385 e. The van der Waals surface area contributed by atoms with Gasteiger partial charge in [0.2, 0.25) is 0 Å². The topological polar surface area (TPSA) is 15.3 Å². The normalized spacial score (nSPS) is 20.9. The zero-order chi connectivity index (χ0) is 12.2. The first kappa shape index (κ1) is 12.0. The lowest BCUT2D eigenvalue weighted by Gasteiger charge is -2.26. The van der Waals surface area contributed by atoms with Gasteiger partial charge in [-0.05, 0) is 62.4 Å². The lowest BCUT2D eigenvalue weighted by atomic mass is 10.0. The van der Waals surface area contributed by atoms with Crippen molar-refractivity contribution in [3.05, 3.63) is 29.3 Å². The van der Waals surface area contributed by atoms with E-state index in [1.165, 1.54) is 68.4 Å². The predicted octanol–water partition coefficient (Wildman–Crippen LogP) is 3.42. The van der Waals surface area contributed by atoms with Gasteiger partial charge in [-0.1, -0.05) is 18.6 Å². The molecule has 0 aromatic heterocycles. The van der Waals surface area contributed by atoms with Gasteiger partial charge in [0.15, 0.2) is 0 Å². The van der Waals surface area contributed by atoms with Crippen molar-refractivity contribution < 1.29 is 0 Å². The van der Waals surface area contributed by atoms with Gasteiger partial charge < -0.3 is 5.32 Å². The molecule has 2 nitrogen and oxygen atoms in total. The second-order valence-corrected chi connectivity index (χ2v) is 5.71. The Hall–Kier alpha value is -1.02. The van der Waals surface area contributed by atoms with Crippen LogP contribution < -0.4 is 5.32 Å². The molecule has 0 spiro atoms. The Kier molecular flexibility index (Phi) is 3.84. The molecule has 1 fully saturated rings. The molecule has 98 valence electrons. The van der Waals surface area contributed by atoms with E-state index in [0.29, 0.717) is 0 Å². The number of nitrogens with one attached hydrogen (secondary N) is 1. The van der Waals surface area contributed by atoms with Gasteiger partial charge in [0.25, 0.3) is 0 Å². The minimum atomic E-state index is 1.14. The number of rotatable bonds is 2. The van der Waals surface area contributed by atoms with Gasteiger partial charge in [-0.15, -0.1) is 0 Å². The third-order valence-electron chi connectivity index (χ3n) is 4.21. The summed E-state index contributed by atoms with van der Waals surface area (Å²) in [5, 5.41) is 3.54. The van der Waals surface area contributed by atoms with E-state index < -0.39 is 0 Å². The van der Waals surface area contributed by atoms with Gasteiger partial charge >= 0.3 is 0 Å².